The van der Waals surface area contributed by atoms with Crippen molar-refractivity contribution in [2.45, 2.75) is 45.6 Å². The van der Waals surface area contributed by atoms with Gasteiger partial charge in [-0.05, 0) is 13.3 Å². The van der Waals surface area contributed by atoms with E-state index in [0.29, 0.717) is 11.2 Å². The van der Waals surface area contributed by atoms with E-state index in [1.165, 1.54) is 0 Å². The van der Waals surface area contributed by atoms with Crippen molar-refractivity contribution in [3.05, 3.63) is 12.2 Å². The minimum atomic E-state index is -1.27. The van der Waals surface area contributed by atoms with Crippen LogP contribution in [-0.4, -0.2) is 19.6 Å². The van der Waals surface area contributed by atoms with Crippen molar-refractivity contribution < 1.29 is 4.79 Å². The Kier molecular flexibility index (Phi) is 4.40. The fraction of sp³-hybridized carbons (Fsp3) is 0.700. The van der Waals surface area contributed by atoms with Gasteiger partial charge in [0.1, 0.15) is 0 Å². The predicted molar refractivity (Wildman–Crippen MR) is 60.4 cm³/mol. The van der Waals surface area contributed by atoms with Crippen LogP contribution in [0.5, 0.6) is 0 Å². The summed E-state index contributed by atoms with van der Waals surface area (Å²) >= 11 is 0. The molecule has 2 nitrogen and oxygen atoms in total. The Morgan fingerprint density at radius 2 is 1.92 bits per heavy atom. The van der Waals surface area contributed by atoms with Crippen molar-refractivity contribution in [1.29, 1.82) is 0 Å². The van der Waals surface area contributed by atoms with E-state index < -0.39 is 8.07 Å². The lowest BCUT2D eigenvalue weighted by Crippen LogP contribution is -2.50. The van der Waals surface area contributed by atoms with Crippen molar-refractivity contribution in [1.82, 2.24) is 5.32 Å². The van der Waals surface area contributed by atoms with Gasteiger partial charge < -0.3 is 5.32 Å². The highest BCUT2D eigenvalue weighted by Gasteiger charge is 2.26. The highest BCUT2D eigenvalue weighted by atomic mass is 28.3. The van der Waals surface area contributed by atoms with Gasteiger partial charge in [-0.3, -0.25) is 4.79 Å². The monoisotopic (exact) mass is 199 g/mol. The van der Waals surface area contributed by atoms with E-state index >= 15 is 0 Å². The molecule has 0 aromatic rings. The summed E-state index contributed by atoms with van der Waals surface area (Å²) in [5.74, 6) is -0.00530. The second-order valence-corrected chi connectivity index (χ2v) is 10.0. The van der Waals surface area contributed by atoms with Crippen molar-refractivity contribution in [3.8, 4) is 0 Å². The van der Waals surface area contributed by atoms with Gasteiger partial charge in [-0.25, -0.2) is 0 Å². The molecule has 1 amide bonds. The summed E-state index contributed by atoms with van der Waals surface area (Å²) in [6, 6.07) is 0. The van der Waals surface area contributed by atoms with Crippen LogP contribution in [0.4, 0.5) is 0 Å². The highest BCUT2D eigenvalue weighted by Crippen LogP contribution is 2.11. The fourth-order valence-electron chi connectivity index (χ4n) is 1.21. The SMILES string of the molecule is C=C(C)C(=O)NC(CC)[Si](C)(C)C. The summed E-state index contributed by atoms with van der Waals surface area (Å²) in [6.07, 6.45) is 1.01. The standard InChI is InChI=1S/C10H21NOSi/c1-7-9(13(4,5)6)11-10(12)8(2)3/h9H,2,7H2,1,3-6H3,(H,11,12). The number of rotatable bonds is 4. The maximum absolute atomic E-state index is 11.4. The maximum atomic E-state index is 11.4. The Labute approximate surface area is 82.4 Å². The molecular weight excluding hydrogens is 178 g/mol. The minimum absolute atomic E-state index is 0.00530. The third-order valence-corrected chi connectivity index (χ3v) is 4.79. The van der Waals surface area contributed by atoms with Crippen LogP contribution >= 0.6 is 0 Å². The molecule has 3 heteroatoms. The predicted octanol–water partition coefficient (Wildman–Crippen LogP) is 2.33. The molecule has 1 atom stereocenters. The first-order valence-electron chi connectivity index (χ1n) is 4.75. The molecule has 0 aliphatic heterocycles. The van der Waals surface area contributed by atoms with E-state index in [-0.39, 0.29) is 5.91 Å². The first-order chi connectivity index (χ1) is 5.79. The van der Waals surface area contributed by atoms with E-state index in [1.807, 2.05) is 0 Å². The molecule has 0 aliphatic rings. The lowest BCUT2D eigenvalue weighted by molar-refractivity contribution is -0.117. The average Bonchev–Trinajstić information content (AvgIpc) is 1.96. The Morgan fingerprint density at radius 1 is 1.46 bits per heavy atom. The molecule has 0 spiro atoms. The van der Waals surface area contributed by atoms with Crippen LogP contribution in [0.15, 0.2) is 12.2 Å². The molecule has 0 radical (unpaired) electrons. The van der Waals surface area contributed by atoms with E-state index in [4.69, 9.17) is 0 Å². The molecule has 76 valence electrons. The van der Waals surface area contributed by atoms with Gasteiger partial charge in [0.15, 0.2) is 0 Å². The molecule has 13 heavy (non-hydrogen) atoms. The third-order valence-electron chi connectivity index (χ3n) is 2.15. The first-order valence-corrected chi connectivity index (χ1v) is 8.33. The molecule has 0 aromatic heterocycles. The summed E-state index contributed by atoms with van der Waals surface area (Å²) < 4.78 is 0. The minimum Gasteiger partial charge on any atom is -0.352 e. The van der Waals surface area contributed by atoms with Crippen molar-refractivity contribution in [2.75, 3.05) is 0 Å². The number of carbonyl (C=O) groups excluding carboxylic acids is 1. The van der Waals surface area contributed by atoms with E-state index in [2.05, 4.69) is 38.5 Å². The first kappa shape index (κ1) is 12.4. The molecule has 0 heterocycles. The Bertz CT molecular complexity index is 205. The van der Waals surface area contributed by atoms with Gasteiger partial charge in [0.25, 0.3) is 0 Å². The van der Waals surface area contributed by atoms with Crippen LogP contribution in [0.25, 0.3) is 0 Å². The zero-order valence-electron chi connectivity index (χ0n) is 9.40. The zero-order chi connectivity index (χ0) is 10.6. The van der Waals surface area contributed by atoms with Gasteiger partial charge in [0, 0.05) is 11.2 Å². The molecule has 0 aromatic carbocycles. The molecule has 0 fully saturated rings. The molecule has 0 saturated carbocycles. The summed E-state index contributed by atoms with van der Waals surface area (Å²) in [6.45, 7) is 14.3. The molecule has 0 rings (SSSR count). The Hall–Kier alpha value is -0.573. The highest BCUT2D eigenvalue weighted by molar-refractivity contribution is 6.77. The van der Waals surface area contributed by atoms with Crippen molar-refractivity contribution >= 4 is 14.0 Å². The molecule has 1 unspecified atom stereocenters. The van der Waals surface area contributed by atoms with Crippen molar-refractivity contribution in [3.63, 3.8) is 0 Å². The average molecular weight is 199 g/mol. The Balaban J connectivity index is 4.31. The summed E-state index contributed by atoms with van der Waals surface area (Å²) in [4.78, 5) is 11.4. The number of nitrogens with one attached hydrogen (secondary N) is 1. The molecular formula is C10H21NOSi. The second kappa shape index (κ2) is 4.60. The van der Waals surface area contributed by atoms with Crippen molar-refractivity contribution in [2.24, 2.45) is 0 Å². The lowest BCUT2D eigenvalue weighted by atomic mass is 10.3. The molecule has 0 aliphatic carbocycles. The molecule has 0 bridgehead atoms. The normalized spacial score (nSPS) is 13.6. The van der Waals surface area contributed by atoms with Gasteiger partial charge in [-0.2, -0.15) is 0 Å². The quantitative estimate of drug-likeness (QED) is 0.546. The van der Waals surface area contributed by atoms with Crippen LogP contribution in [0, 0.1) is 0 Å². The van der Waals surface area contributed by atoms with E-state index in [0.717, 1.165) is 6.42 Å². The largest absolute Gasteiger partial charge is 0.352 e. The second-order valence-electron chi connectivity index (χ2n) is 4.58. The summed E-state index contributed by atoms with van der Waals surface area (Å²) in [7, 11) is -1.27. The van der Waals surface area contributed by atoms with Gasteiger partial charge in [-0.15, -0.1) is 0 Å². The Morgan fingerprint density at radius 3 is 2.15 bits per heavy atom. The van der Waals surface area contributed by atoms with Crippen LogP contribution in [0.1, 0.15) is 20.3 Å². The zero-order valence-corrected chi connectivity index (χ0v) is 10.4. The lowest BCUT2D eigenvalue weighted by Gasteiger charge is -2.28. The smallest absolute Gasteiger partial charge is 0.246 e. The van der Waals surface area contributed by atoms with E-state index in [9.17, 15) is 4.79 Å². The van der Waals surface area contributed by atoms with Gasteiger partial charge in [0.05, 0.1) is 8.07 Å². The third kappa shape index (κ3) is 4.27. The number of carbonyl (C=O) groups is 1. The van der Waals surface area contributed by atoms with Crippen LogP contribution in [0.2, 0.25) is 19.6 Å². The number of hydrogen-bond acceptors (Lipinski definition) is 1. The van der Waals surface area contributed by atoms with Crippen LogP contribution < -0.4 is 5.32 Å². The maximum Gasteiger partial charge on any atom is 0.246 e. The van der Waals surface area contributed by atoms with Crippen LogP contribution in [-0.2, 0) is 4.79 Å². The molecule has 0 saturated heterocycles. The van der Waals surface area contributed by atoms with Gasteiger partial charge in [0.2, 0.25) is 5.91 Å². The number of amides is 1. The van der Waals surface area contributed by atoms with Gasteiger partial charge in [-0.1, -0.05) is 33.1 Å². The summed E-state index contributed by atoms with van der Waals surface area (Å²) in [5.41, 5.74) is 0.952. The van der Waals surface area contributed by atoms with Crippen LogP contribution in [0.3, 0.4) is 0 Å². The molecule has 1 N–H and O–H groups in total. The van der Waals surface area contributed by atoms with Gasteiger partial charge >= 0.3 is 0 Å². The topological polar surface area (TPSA) is 29.1 Å². The fourth-order valence-corrected chi connectivity index (χ4v) is 3.00. The summed E-state index contributed by atoms with van der Waals surface area (Å²) in [5, 5.41) is 3.03. The van der Waals surface area contributed by atoms with E-state index in [1.54, 1.807) is 6.92 Å². The number of hydrogen-bond donors (Lipinski definition) is 1.